The first kappa shape index (κ1) is 37.5. The lowest BCUT2D eigenvalue weighted by Crippen LogP contribution is -2.57. The molecule has 1 saturated heterocycles. The highest BCUT2D eigenvalue weighted by Gasteiger charge is 2.61. The molecule has 0 spiro atoms. The molecular formula is C37H47N6O7PS. The normalized spacial score (nSPS) is 26.2. The van der Waals surface area contributed by atoms with Crippen molar-refractivity contribution in [1.29, 1.82) is 0 Å². The van der Waals surface area contributed by atoms with E-state index in [-0.39, 0.29) is 24.8 Å². The van der Waals surface area contributed by atoms with Crippen LogP contribution in [0.15, 0.2) is 53.9 Å². The lowest BCUT2D eigenvalue weighted by atomic mass is 10.0. The first-order valence-electron chi connectivity index (χ1n) is 17.8. The number of nitrogens with zero attached hydrogens (tertiary/aromatic N) is 3. The molecule has 1 aromatic carbocycles. The second-order valence-corrected chi connectivity index (χ2v) is 19.0. The van der Waals surface area contributed by atoms with Crippen LogP contribution in [0.4, 0.5) is 4.79 Å². The van der Waals surface area contributed by atoms with E-state index in [1.165, 1.54) is 29.6 Å². The van der Waals surface area contributed by atoms with Crippen molar-refractivity contribution in [2.45, 2.75) is 95.0 Å². The Morgan fingerprint density at radius 1 is 1.06 bits per heavy atom. The van der Waals surface area contributed by atoms with Gasteiger partial charge >= 0.3 is 6.09 Å². The Balaban J connectivity index is 1.34. The third-order valence-electron chi connectivity index (χ3n) is 9.28. The Bertz CT molecular complexity index is 1910. The maximum absolute atomic E-state index is 14.5. The number of carbonyl (C=O) groups is 4. The molecule has 6 rings (SSSR count). The Morgan fingerprint density at radius 2 is 1.81 bits per heavy atom. The van der Waals surface area contributed by atoms with E-state index in [4.69, 9.17) is 19.4 Å². The Hall–Kier alpha value is -4.29. The zero-order valence-electron chi connectivity index (χ0n) is 30.2. The van der Waals surface area contributed by atoms with Crippen LogP contribution in [-0.4, -0.2) is 87.9 Å². The minimum absolute atomic E-state index is 0.0173. The molecule has 0 bridgehead atoms. The lowest BCUT2D eigenvalue weighted by Gasteiger charge is -2.30. The number of allylic oxidation sites excluding steroid dienone is 1. The molecule has 2 aromatic heterocycles. The van der Waals surface area contributed by atoms with E-state index in [0.717, 1.165) is 24.1 Å². The fourth-order valence-corrected chi connectivity index (χ4v) is 8.15. The smallest absolute Gasteiger partial charge is 0.408 e. The monoisotopic (exact) mass is 750 g/mol. The number of aromatic nitrogens is 2. The van der Waals surface area contributed by atoms with Gasteiger partial charge in [-0.15, -0.1) is 11.3 Å². The van der Waals surface area contributed by atoms with Crippen LogP contribution in [0.5, 0.6) is 5.88 Å². The summed E-state index contributed by atoms with van der Waals surface area (Å²) in [5.74, 6) is -1.54. The molecule has 2 aliphatic heterocycles. The van der Waals surface area contributed by atoms with Gasteiger partial charge in [-0.3, -0.25) is 14.4 Å². The number of fused-ring (bicyclic) bond motifs is 3. The minimum atomic E-state index is -2.99. The maximum Gasteiger partial charge on any atom is 0.408 e. The van der Waals surface area contributed by atoms with Gasteiger partial charge in [0.15, 0.2) is 7.29 Å². The SMILES string of the molecule is CC(C)(C)OC(=O)N[C@H]1CCCCC/C=C\C2C[C@@]2(C(=O)NP(C)(C)=O)NC(=O)[C@@H]2C[C@@H](Oc3nc4ccccc4nc3-c3cccs3)CN2C1=O. The largest absolute Gasteiger partial charge is 0.471 e. The summed E-state index contributed by atoms with van der Waals surface area (Å²) < 4.78 is 24.7. The zero-order chi connectivity index (χ0) is 37.3. The Morgan fingerprint density at radius 3 is 2.50 bits per heavy atom. The lowest BCUT2D eigenvalue weighted by molar-refractivity contribution is -0.141. The van der Waals surface area contributed by atoms with E-state index in [9.17, 15) is 23.7 Å². The molecule has 0 radical (unpaired) electrons. The molecule has 5 atom stereocenters. The van der Waals surface area contributed by atoms with Crippen molar-refractivity contribution in [1.82, 2.24) is 30.6 Å². The Kier molecular flexibility index (Phi) is 10.8. The molecule has 3 aromatic rings. The standard InChI is InChI=1S/C37H47N6O7PS/c1-36(2,3)50-35(47)40-27-17-10-8-6-7-9-14-23-21-37(23,34(46)42-51(4,5)48)41-31(44)28-20-24(22-43(28)33(27)45)49-32-30(29-18-13-19-52-29)38-25-15-11-12-16-26(25)39-32/h9,11-16,18-19,23-24,27-28H,6-8,10,17,20-22H2,1-5H3,(H,40,47)(H,41,44)(H,42,46,48)/b14-9-/t23?,24-,27+,28+,37-/m1/s1. The summed E-state index contributed by atoms with van der Waals surface area (Å²) in [6.45, 7) is 8.17. The third-order valence-corrected chi connectivity index (χ3v) is 10.9. The molecule has 4 amide bonds. The number of hydrogen-bond donors (Lipinski definition) is 3. The molecule has 3 aliphatic rings. The summed E-state index contributed by atoms with van der Waals surface area (Å²) in [6, 6.07) is 9.28. The number of nitrogens with one attached hydrogen (secondary N) is 3. The van der Waals surface area contributed by atoms with Crippen LogP contribution in [0.2, 0.25) is 0 Å². The summed E-state index contributed by atoms with van der Waals surface area (Å²) in [5, 5.41) is 10.3. The van der Waals surface area contributed by atoms with Gasteiger partial charge in [-0.1, -0.05) is 43.2 Å². The number of alkyl carbamates (subject to hydrolysis) is 1. The van der Waals surface area contributed by atoms with Crippen molar-refractivity contribution >= 4 is 53.5 Å². The van der Waals surface area contributed by atoms with E-state index in [1.807, 2.05) is 53.9 Å². The summed E-state index contributed by atoms with van der Waals surface area (Å²) in [6.07, 6.45) is 6.34. The van der Waals surface area contributed by atoms with Gasteiger partial charge in [0, 0.05) is 25.7 Å². The van der Waals surface area contributed by atoms with Gasteiger partial charge in [0.05, 0.1) is 22.5 Å². The molecular weight excluding hydrogens is 703 g/mol. The van der Waals surface area contributed by atoms with Gasteiger partial charge in [0.1, 0.15) is 35.0 Å². The molecule has 2 fully saturated rings. The average molecular weight is 751 g/mol. The molecule has 13 nitrogen and oxygen atoms in total. The fourth-order valence-electron chi connectivity index (χ4n) is 6.76. The van der Waals surface area contributed by atoms with Crippen LogP contribution in [-0.2, 0) is 23.7 Å². The van der Waals surface area contributed by atoms with Crippen LogP contribution < -0.4 is 20.5 Å². The highest BCUT2D eigenvalue weighted by molar-refractivity contribution is 7.61. The molecule has 1 unspecified atom stereocenters. The first-order valence-corrected chi connectivity index (χ1v) is 21.2. The van der Waals surface area contributed by atoms with E-state index in [1.54, 1.807) is 20.8 Å². The first-order chi connectivity index (χ1) is 24.6. The molecule has 15 heteroatoms. The summed E-state index contributed by atoms with van der Waals surface area (Å²) >= 11 is 1.49. The van der Waals surface area contributed by atoms with Crippen molar-refractivity contribution in [3.8, 4) is 16.5 Å². The van der Waals surface area contributed by atoms with Crippen LogP contribution in [0.3, 0.4) is 0 Å². The van der Waals surface area contributed by atoms with Crippen LogP contribution >= 0.6 is 18.6 Å². The van der Waals surface area contributed by atoms with E-state index < -0.39 is 60.4 Å². The number of ether oxygens (including phenoxy) is 2. The number of thiophene rings is 1. The van der Waals surface area contributed by atoms with Gasteiger partial charge in [-0.25, -0.2) is 14.8 Å². The number of carbonyl (C=O) groups excluding carboxylic acids is 4. The average Bonchev–Trinajstić information content (AvgIpc) is 3.37. The van der Waals surface area contributed by atoms with Crippen LogP contribution in [0, 0.1) is 5.92 Å². The molecule has 4 heterocycles. The van der Waals surface area contributed by atoms with Crippen molar-refractivity contribution in [2.24, 2.45) is 5.92 Å². The highest BCUT2D eigenvalue weighted by atomic mass is 32.1. The molecule has 278 valence electrons. The van der Waals surface area contributed by atoms with Gasteiger partial charge in [0.2, 0.25) is 17.7 Å². The van der Waals surface area contributed by atoms with Crippen LogP contribution in [0.25, 0.3) is 21.6 Å². The maximum atomic E-state index is 14.5. The number of rotatable bonds is 6. The van der Waals surface area contributed by atoms with E-state index in [2.05, 4.69) is 15.7 Å². The van der Waals surface area contributed by atoms with E-state index in [0.29, 0.717) is 36.0 Å². The van der Waals surface area contributed by atoms with Crippen LogP contribution in [0.1, 0.15) is 65.7 Å². The molecule has 1 saturated carbocycles. The number of para-hydroxylation sites is 2. The van der Waals surface area contributed by atoms with Gasteiger partial charge in [-0.2, -0.15) is 0 Å². The topological polar surface area (TPSA) is 169 Å². The van der Waals surface area contributed by atoms with Crippen molar-refractivity contribution < 1.29 is 33.2 Å². The fraction of sp³-hybridized carbons (Fsp3) is 0.514. The highest BCUT2D eigenvalue weighted by Crippen LogP contribution is 2.47. The Labute approximate surface area is 307 Å². The molecule has 52 heavy (non-hydrogen) atoms. The number of amides is 4. The summed E-state index contributed by atoms with van der Waals surface area (Å²) in [7, 11) is -2.99. The zero-order valence-corrected chi connectivity index (χ0v) is 31.9. The van der Waals surface area contributed by atoms with Gasteiger partial charge in [0.25, 0.3) is 5.91 Å². The van der Waals surface area contributed by atoms with Gasteiger partial charge < -0.3 is 34.7 Å². The predicted molar refractivity (Wildman–Crippen MR) is 199 cm³/mol. The predicted octanol–water partition coefficient (Wildman–Crippen LogP) is 5.65. The number of hydrogen-bond acceptors (Lipinski definition) is 10. The number of benzene rings is 1. The summed E-state index contributed by atoms with van der Waals surface area (Å²) in [5.41, 5.74) is -0.223. The minimum Gasteiger partial charge on any atom is -0.471 e. The van der Waals surface area contributed by atoms with Gasteiger partial charge in [-0.05, 0) is 70.0 Å². The third kappa shape index (κ3) is 8.83. The van der Waals surface area contributed by atoms with Crippen molar-refractivity contribution in [3.05, 3.63) is 53.9 Å². The quantitative estimate of drug-likeness (QED) is 0.213. The second kappa shape index (κ2) is 15.0. The van der Waals surface area contributed by atoms with Crippen molar-refractivity contribution in [3.63, 3.8) is 0 Å². The second-order valence-electron chi connectivity index (χ2n) is 15.2. The van der Waals surface area contributed by atoms with E-state index >= 15 is 0 Å². The summed E-state index contributed by atoms with van der Waals surface area (Å²) in [4.78, 5) is 67.4. The molecule has 3 N–H and O–H groups in total. The molecule has 1 aliphatic carbocycles. The van der Waals surface area contributed by atoms with Crippen molar-refractivity contribution in [2.75, 3.05) is 19.9 Å².